The van der Waals surface area contributed by atoms with E-state index in [1.165, 1.54) is 23.5 Å². The van der Waals surface area contributed by atoms with E-state index in [1.54, 1.807) is 18.3 Å². The Labute approximate surface area is 95.7 Å². The zero-order chi connectivity index (χ0) is 11.5. The second-order valence-electron chi connectivity index (χ2n) is 3.13. The van der Waals surface area contributed by atoms with Gasteiger partial charge in [0.1, 0.15) is 5.01 Å². The molecule has 0 atom stereocenters. The van der Waals surface area contributed by atoms with Gasteiger partial charge in [-0.2, -0.15) is 0 Å². The van der Waals surface area contributed by atoms with Crippen LogP contribution in [0.15, 0.2) is 30.5 Å². The maximum absolute atomic E-state index is 10.5. The van der Waals surface area contributed by atoms with Crippen molar-refractivity contribution in [1.82, 2.24) is 4.98 Å². The molecule has 2 rings (SSSR count). The summed E-state index contributed by atoms with van der Waals surface area (Å²) in [6.07, 6.45) is 1.73. The first kappa shape index (κ1) is 10.7. The quantitative estimate of drug-likeness (QED) is 0.653. The zero-order valence-corrected chi connectivity index (χ0v) is 9.11. The van der Waals surface area contributed by atoms with Crippen LogP contribution in [0, 0.1) is 10.1 Å². The second kappa shape index (κ2) is 4.38. The topological polar surface area (TPSA) is 82.0 Å². The van der Waals surface area contributed by atoms with Crippen LogP contribution < -0.4 is 5.73 Å². The number of non-ortho nitro benzene ring substituents is 1. The first-order valence-corrected chi connectivity index (χ1v) is 5.42. The van der Waals surface area contributed by atoms with Crippen LogP contribution in [-0.4, -0.2) is 9.91 Å². The minimum atomic E-state index is -0.415. The van der Waals surface area contributed by atoms with Gasteiger partial charge < -0.3 is 5.73 Å². The molecule has 0 amide bonds. The van der Waals surface area contributed by atoms with Crippen molar-refractivity contribution in [2.45, 2.75) is 6.54 Å². The van der Waals surface area contributed by atoms with Crippen molar-refractivity contribution in [3.63, 3.8) is 0 Å². The number of thiazole rings is 1. The average Bonchev–Trinajstić information content (AvgIpc) is 2.77. The smallest absolute Gasteiger partial charge is 0.269 e. The predicted octanol–water partition coefficient (Wildman–Crippen LogP) is 2.18. The Kier molecular flexibility index (Phi) is 2.93. The van der Waals surface area contributed by atoms with Crippen LogP contribution in [-0.2, 0) is 6.54 Å². The van der Waals surface area contributed by atoms with Crippen LogP contribution in [0.1, 0.15) is 5.01 Å². The van der Waals surface area contributed by atoms with E-state index in [-0.39, 0.29) is 5.69 Å². The number of nitrogens with zero attached hydrogens (tertiary/aromatic N) is 2. The lowest BCUT2D eigenvalue weighted by Gasteiger charge is -1.95. The molecule has 0 aliphatic rings. The van der Waals surface area contributed by atoms with Gasteiger partial charge >= 0.3 is 0 Å². The van der Waals surface area contributed by atoms with E-state index in [2.05, 4.69) is 4.98 Å². The third-order valence-electron chi connectivity index (χ3n) is 2.09. The van der Waals surface area contributed by atoms with Crippen molar-refractivity contribution < 1.29 is 4.92 Å². The summed E-state index contributed by atoms with van der Waals surface area (Å²) in [6.45, 7) is 0.414. The monoisotopic (exact) mass is 235 g/mol. The maximum Gasteiger partial charge on any atom is 0.269 e. The van der Waals surface area contributed by atoms with Crippen LogP contribution in [0.5, 0.6) is 0 Å². The molecule has 0 saturated carbocycles. The van der Waals surface area contributed by atoms with Gasteiger partial charge in [0, 0.05) is 24.9 Å². The first-order chi connectivity index (χ1) is 7.70. The van der Waals surface area contributed by atoms with Gasteiger partial charge in [-0.3, -0.25) is 10.1 Å². The minimum Gasteiger partial charge on any atom is -0.325 e. The Bertz CT molecular complexity index is 507. The Morgan fingerprint density at radius 3 is 2.56 bits per heavy atom. The third kappa shape index (κ3) is 2.07. The average molecular weight is 235 g/mol. The van der Waals surface area contributed by atoms with Crippen LogP contribution in [0.2, 0.25) is 0 Å². The SMILES string of the molecule is NCc1ncc(-c2ccc([N+](=O)[O-])cc2)s1. The number of nitro groups is 1. The van der Waals surface area contributed by atoms with Crippen molar-refractivity contribution in [2.24, 2.45) is 5.73 Å². The number of hydrogen-bond donors (Lipinski definition) is 1. The predicted molar refractivity (Wildman–Crippen MR) is 62.1 cm³/mol. The molecule has 2 N–H and O–H groups in total. The van der Waals surface area contributed by atoms with Gasteiger partial charge in [0.05, 0.1) is 9.80 Å². The highest BCUT2D eigenvalue weighted by atomic mass is 32.1. The molecule has 0 aliphatic carbocycles. The van der Waals surface area contributed by atoms with Gasteiger partial charge in [0.15, 0.2) is 0 Å². The summed E-state index contributed by atoms with van der Waals surface area (Å²) in [4.78, 5) is 15.2. The second-order valence-corrected chi connectivity index (χ2v) is 4.24. The van der Waals surface area contributed by atoms with Gasteiger partial charge in [0.25, 0.3) is 5.69 Å². The molecule has 1 aromatic heterocycles. The molecule has 0 spiro atoms. The lowest BCUT2D eigenvalue weighted by atomic mass is 10.2. The van der Waals surface area contributed by atoms with Crippen LogP contribution in [0.25, 0.3) is 10.4 Å². The molecule has 5 nitrogen and oxygen atoms in total. The lowest BCUT2D eigenvalue weighted by Crippen LogP contribution is -1.93. The number of rotatable bonds is 3. The lowest BCUT2D eigenvalue weighted by molar-refractivity contribution is -0.384. The fraction of sp³-hybridized carbons (Fsp3) is 0.100. The summed E-state index contributed by atoms with van der Waals surface area (Å²) in [5, 5.41) is 11.3. The molecule has 1 aromatic carbocycles. The van der Waals surface area contributed by atoms with Crippen LogP contribution in [0.3, 0.4) is 0 Å². The molecule has 0 saturated heterocycles. The largest absolute Gasteiger partial charge is 0.325 e. The summed E-state index contributed by atoms with van der Waals surface area (Å²) < 4.78 is 0. The molecule has 1 heterocycles. The Balaban J connectivity index is 2.30. The standard InChI is InChI=1S/C10H9N3O2S/c11-5-10-12-6-9(16-10)7-1-3-8(4-2-7)13(14)15/h1-4,6H,5,11H2. The molecule has 0 unspecified atom stereocenters. The number of nitro benzene ring substituents is 1. The maximum atomic E-state index is 10.5. The van der Waals surface area contributed by atoms with Gasteiger partial charge in [-0.1, -0.05) is 0 Å². The fourth-order valence-electron chi connectivity index (χ4n) is 1.29. The summed E-state index contributed by atoms with van der Waals surface area (Å²) in [7, 11) is 0. The highest BCUT2D eigenvalue weighted by molar-refractivity contribution is 7.15. The zero-order valence-electron chi connectivity index (χ0n) is 8.29. The molecule has 0 aliphatic heterocycles. The van der Waals surface area contributed by atoms with E-state index in [4.69, 9.17) is 5.73 Å². The molecule has 2 aromatic rings. The van der Waals surface area contributed by atoms with Crippen molar-refractivity contribution in [3.05, 3.63) is 45.6 Å². The van der Waals surface area contributed by atoms with Gasteiger partial charge in [0.2, 0.25) is 0 Å². The molecule has 16 heavy (non-hydrogen) atoms. The number of aromatic nitrogens is 1. The Morgan fingerprint density at radius 1 is 1.38 bits per heavy atom. The molecule has 82 valence electrons. The summed E-state index contributed by atoms with van der Waals surface area (Å²) in [6, 6.07) is 6.40. The van der Waals surface area contributed by atoms with Gasteiger partial charge in [-0.05, 0) is 17.7 Å². The van der Waals surface area contributed by atoms with Gasteiger partial charge in [-0.15, -0.1) is 11.3 Å². The molecular formula is C10H9N3O2S. The number of hydrogen-bond acceptors (Lipinski definition) is 5. The molecular weight excluding hydrogens is 226 g/mol. The van der Waals surface area contributed by atoms with E-state index >= 15 is 0 Å². The van der Waals surface area contributed by atoms with Crippen molar-refractivity contribution in [2.75, 3.05) is 0 Å². The van der Waals surface area contributed by atoms with E-state index < -0.39 is 4.92 Å². The van der Waals surface area contributed by atoms with Crippen molar-refractivity contribution in [3.8, 4) is 10.4 Å². The van der Waals surface area contributed by atoms with Crippen LogP contribution in [0.4, 0.5) is 5.69 Å². The first-order valence-electron chi connectivity index (χ1n) is 4.60. The normalized spacial score (nSPS) is 10.3. The molecule has 0 fully saturated rings. The van der Waals surface area contributed by atoms with E-state index in [9.17, 15) is 10.1 Å². The minimum absolute atomic E-state index is 0.0901. The van der Waals surface area contributed by atoms with E-state index in [0.717, 1.165) is 15.4 Å². The van der Waals surface area contributed by atoms with E-state index in [0.29, 0.717) is 6.54 Å². The van der Waals surface area contributed by atoms with Crippen molar-refractivity contribution in [1.29, 1.82) is 0 Å². The summed E-state index contributed by atoms with van der Waals surface area (Å²) in [5.74, 6) is 0. The fourth-order valence-corrected chi connectivity index (χ4v) is 2.09. The molecule has 6 heteroatoms. The van der Waals surface area contributed by atoms with E-state index in [1.807, 2.05) is 0 Å². The molecule has 0 radical (unpaired) electrons. The Hall–Kier alpha value is -1.79. The Morgan fingerprint density at radius 2 is 2.06 bits per heavy atom. The number of nitrogens with two attached hydrogens (primary N) is 1. The summed E-state index contributed by atoms with van der Waals surface area (Å²) >= 11 is 1.49. The number of benzene rings is 1. The highest BCUT2D eigenvalue weighted by Gasteiger charge is 2.07. The summed E-state index contributed by atoms with van der Waals surface area (Å²) in [5.41, 5.74) is 6.47. The van der Waals surface area contributed by atoms with Crippen LogP contribution >= 0.6 is 11.3 Å². The van der Waals surface area contributed by atoms with Crippen molar-refractivity contribution >= 4 is 17.0 Å². The highest BCUT2D eigenvalue weighted by Crippen LogP contribution is 2.27. The van der Waals surface area contributed by atoms with Gasteiger partial charge in [-0.25, -0.2) is 4.98 Å². The molecule has 0 bridgehead atoms. The third-order valence-corrected chi connectivity index (χ3v) is 3.16.